The van der Waals surface area contributed by atoms with Gasteiger partial charge in [-0.3, -0.25) is 0 Å². The van der Waals surface area contributed by atoms with Crippen LogP contribution in [0, 0.1) is 23.7 Å². The molecule has 220 valence electrons. The lowest BCUT2D eigenvalue weighted by Gasteiger charge is -2.45. The van der Waals surface area contributed by atoms with E-state index in [2.05, 4.69) is 98.6 Å². The van der Waals surface area contributed by atoms with Crippen molar-refractivity contribution in [3.63, 3.8) is 0 Å². The summed E-state index contributed by atoms with van der Waals surface area (Å²) in [5, 5.41) is 0.245. The maximum Gasteiger partial charge on any atom is 0.193 e. The van der Waals surface area contributed by atoms with Crippen molar-refractivity contribution in [2.45, 2.75) is 161 Å². The minimum absolute atomic E-state index is 0.0103. The highest BCUT2D eigenvalue weighted by molar-refractivity contribution is 6.74. The van der Waals surface area contributed by atoms with Gasteiger partial charge in [0.05, 0.1) is 24.9 Å². The predicted octanol–water partition coefficient (Wildman–Crippen LogP) is 9.08. The molecule has 4 nitrogen and oxygen atoms in total. The summed E-state index contributed by atoms with van der Waals surface area (Å²) >= 11 is 0. The van der Waals surface area contributed by atoms with Gasteiger partial charge >= 0.3 is 0 Å². The van der Waals surface area contributed by atoms with E-state index < -0.39 is 22.4 Å². The normalized spacial score (nSPS) is 25.8. The third kappa shape index (κ3) is 9.59. The quantitative estimate of drug-likeness (QED) is 0.102. The lowest BCUT2D eigenvalue weighted by atomic mass is 10.0. The van der Waals surface area contributed by atoms with Crippen LogP contribution in [0.2, 0.25) is 36.3 Å². The van der Waals surface area contributed by atoms with E-state index in [1.165, 1.54) is 19.3 Å². The second-order valence-corrected chi connectivity index (χ2v) is 24.6. The standard InChI is InChI=1S/C32H60O4Si2/c1-14-15-16-17-18-19-20-21-22-27(35-37(10,11)30(2,3)4)29(36-38(12,13)31(5,6)7)26-23-25(26)28-24-33-32(8,9)34-28/h21-22,25-29H,14-17,20,23-24H2,1-13H3/b22-21+/t25-,26-,27-,28-,29-/m1/s1. The molecule has 2 rings (SSSR count). The number of hydrogen-bond acceptors (Lipinski definition) is 4. The van der Waals surface area contributed by atoms with Crippen LogP contribution in [0.15, 0.2) is 12.2 Å². The summed E-state index contributed by atoms with van der Waals surface area (Å²) in [5.41, 5.74) is 0. The van der Waals surface area contributed by atoms with Crippen molar-refractivity contribution in [3.8, 4) is 11.8 Å². The van der Waals surface area contributed by atoms with Crippen LogP contribution in [-0.2, 0) is 18.3 Å². The summed E-state index contributed by atoms with van der Waals surface area (Å²) in [5.74, 6) is 7.07. The van der Waals surface area contributed by atoms with Gasteiger partial charge in [0.2, 0.25) is 0 Å². The predicted molar refractivity (Wildman–Crippen MR) is 166 cm³/mol. The molecule has 0 aromatic rings. The largest absolute Gasteiger partial charge is 0.411 e. The molecule has 0 bridgehead atoms. The molecule has 6 heteroatoms. The van der Waals surface area contributed by atoms with Gasteiger partial charge in [0.15, 0.2) is 22.4 Å². The van der Waals surface area contributed by atoms with Crippen molar-refractivity contribution < 1.29 is 18.3 Å². The van der Waals surface area contributed by atoms with E-state index >= 15 is 0 Å². The Kier molecular flexibility index (Phi) is 11.6. The van der Waals surface area contributed by atoms with Crippen molar-refractivity contribution >= 4 is 16.6 Å². The average molecular weight is 565 g/mol. The SMILES string of the molecule is CCCCCC#CC/C=C/[C@@H](O[Si](C)(C)C(C)(C)C)[C@H](O[Si](C)(C)C(C)(C)C)[C@@H]1C[C@H]1[C@H]1COC(C)(C)O1. The van der Waals surface area contributed by atoms with E-state index in [1.807, 2.05) is 13.8 Å². The summed E-state index contributed by atoms with van der Waals surface area (Å²) in [4.78, 5) is 0. The topological polar surface area (TPSA) is 36.9 Å². The molecule has 1 aliphatic carbocycles. The van der Waals surface area contributed by atoms with Crippen molar-refractivity contribution in [1.82, 2.24) is 0 Å². The number of hydrogen-bond donors (Lipinski definition) is 0. The Balaban J connectivity index is 2.33. The van der Waals surface area contributed by atoms with Gasteiger partial charge in [0.1, 0.15) is 0 Å². The molecule has 1 heterocycles. The molecule has 0 aromatic carbocycles. The van der Waals surface area contributed by atoms with E-state index in [-0.39, 0.29) is 28.4 Å². The Morgan fingerprint density at radius 1 is 0.947 bits per heavy atom. The van der Waals surface area contributed by atoms with Crippen molar-refractivity contribution in [2.75, 3.05) is 6.61 Å². The Morgan fingerprint density at radius 2 is 1.55 bits per heavy atom. The first-order valence-corrected chi connectivity index (χ1v) is 20.9. The highest BCUT2D eigenvalue weighted by Gasteiger charge is 2.56. The zero-order valence-corrected chi connectivity index (χ0v) is 29.1. The van der Waals surface area contributed by atoms with Gasteiger partial charge in [0.25, 0.3) is 0 Å². The molecule has 0 N–H and O–H groups in total. The third-order valence-corrected chi connectivity index (χ3v) is 18.1. The molecular formula is C32H60O4Si2. The second kappa shape index (κ2) is 13.0. The summed E-state index contributed by atoms with van der Waals surface area (Å²) in [6, 6.07) is 0. The first-order chi connectivity index (χ1) is 17.3. The molecular weight excluding hydrogens is 505 g/mol. The van der Waals surface area contributed by atoms with Crippen LogP contribution < -0.4 is 0 Å². The van der Waals surface area contributed by atoms with Gasteiger partial charge in [0, 0.05) is 12.8 Å². The number of rotatable bonds is 12. The zero-order valence-electron chi connectivity index (χ0n) is 27.1. The van der Waals surface area contributed by atoms with Crippen LogP contribution in [0.25, 0.3) is 0 Å². The van der Waals surface area contributed by atoms with Crippen LogP contribution in [0.3, 0.4) is 0 Å². The maximum absolute atomic E-state index is 7.26. The maximum atomic E-state index is 7.26. The molecule has 0 aromatic heterocycles. The van der Waals surface area contributed by atoms with Gasteiger partial charge < -0.3 is 18.3 Å². The van der Waals surface area contributed by atoms with Crippen LogP contribution >= 0.6 is 0 Å². The summed E-state index contributed by atoms with van der Waals surface area (Å²) in [6.07, 6.45) is 11.1. The van der Waals surface area contributed by atoms with E-state index in [4.69, 9.17) is 18.3 Å². The lowest BCUT2D eigenvalue weighted by Crippen LogP contribution is -2.52. The van der Waals surface area contributed by atoms with Gasteiger partial charge in [-0.05, 0) is 74.8 Å². The molecule has 5 atom stereocenters. The number of unbranched alkanes of at least 4 members (excludes halogenated alkanes) is 3. The monoisotopic (exact) mass is 564 g/mol. The molecule has 0 radical (unpaired) electrons. The van der Waals surface area contributed by atoms with Crippen molar-refractivity contribution in [1.29, 1.82) is 0 Å². The molecule has 0 spiro atoms. The van der Waals surface area contributed by atoms with Crippen molar-refractivity contribution in [2.24, 2.45) is 11.8 Å². The Labute approximate surface area is 238 Å². The second-order valence-electron chi connectivity index (χ2n) is 15.1. The van der Waals surface area contributed by atoms with Gasteiger partial charge in [-0.1, -0.05) is 79.4 Å². The molecule has 1 saturated carbocycles. The molecule has 2 fully saturated rings. The van der Waals surface area contributed by atoms with E-state index in [9.17, 15) is 0 Å². The molecule has 1 aliphatic heterocycles. The Hall–Kier alpha value is -0.426. The average Bonchev–Trinajstić information content (AvgIpc) is 3.47. The highest BCUT2D eigenvalue weighted by Crippen LogP contribution is 2.52. The summed E-state index contributed by atoms with van der Waals surface area (Å²) < 4.78 is 26.7. The van der Waals surface area contributed by atoms with Crippen molar-refractivity contribution in [3.05, 3.63) is 12.2 Å². The molecule has 0 unspecified atom stereocenters. The Bertz CT molecular complexity index is 838. The van der Waals surface area contributed by atoms with Crippen LogP contribution in [0.1, 0.15) is 101 Å². The number of allylic oxidation sites excluding steroid dienone is 1. The van der Waals surface area contributed by atoms with Gasteiger partial charge in [-0.15, -0.1) is 5.92 Å². The van der Waals surface area contributed by atoms with Gasteiger partial charge in [-0.25, -0.2) is 0 Å². The first kappa shape index (κ1) is 33.8. The smallest absolute Gasteiger partial charge is 0.193 e. The summed E-state index contributed by atoms with van der Waals surface area (Å²) in [6.45, 7) is 30.3. The minimum Gasteiger partial charge on any atom is -0.411 e. The fraction of sp³-hybridized carbons (Fsp3) is 0.875. The molecule has 2 aliphatic rings. The van der Waals surface area contributed by atoms with E-state index in [1.54, 1.807) is 0 Å². The van der Waals surface area contributed by atoms with Gasteiger partial charge in [-0.2, -0.15) is 0 Å². The minimum atomic E-state index is -2.04. The van der Waals surface area contributed by atoms with Crippen LogP contribution in [0.4, 0.5) is 0 Å². The van der Waals surface area contributed by atoms with E-state index in [0.717, 1.165) is 19.3 Å². The third-order valence-electron chi connectivity index (χ3n) is 9.19. The molecule has 0 amide bonds. The lowest BCUT2D eigenvalue weighted by molar-refractivity contribution is -0.141. The fourth-order valence-electron chi connectivity index (χ4n) is 4.50. The first-order valence-electron chi connectivity index (χ1n) is 15.1. The zero-order chi connectivity index (χ0) is 29.0. The molecule has 1 saturated heterocycles. The molecule has 38 heavy (non-hydrogen) atoms. The van der Waals surface area contributed by atoms with Crippen LogP contribution in [-0.4, -0.2) is 47.3 Å². The fourth-order valence-corrected chi connectivity index (χ4v) is 7.09. The van der Waals surface area contributed by atoms with E-state index in [0.29, 0.717) is 18.4 Å². The Morgan fingerprint density at radius 3 is 2.08 bits per heavy atom. The summed E-state index contributed by atoms with van der Waals surface area (Å²) in [7, 11) is -4.09. The van der Waals surface area contributed by atoms with Crippen LogP contribution in [0.5, 0.6) is 0 Å². The highest BCUT2D eigenvalue weighted by atomic mass is 28.4. The number of ether oxygens (including phenoxy) is 2.